The number of nitrogens with one attached hydrogen (secondary N) is 3. The van der Waals surface area contributed by atoms with E-state index in [4.69, 9.17) is 9.73 Å². The van der Waals surface area contributed by atoms with Crippen molar-refractivity contribution in [1.29, 1.82) is 0 Å². The molecule has 0 aromatic carbocycles. The van der Waals surface area contributed by atoms with Gasteiger partial charge in [0.25, 0.3) is 0 Å². The summed E-state index contributed by atoms with van der Waals surface area (Å²) in [6.07, 6.45) is 22.4. The lowest BCUT2D eigenvalue weighted by atomic mass is 9.85. The number of carbonyl (C=O) groups excluding carboxylic acids is 1. The van der Waals surface area contributed by atoms with Gasteiger partial charge in [0, 0.05) is 37.1 Å². The minimum atomic E-state index is -0.0831. The number of aliphatic imine (C=N–C) groups is 1. The smallest absolute Gasteiger partial charge is 0.227 e. The minimum absolute atomic E-state index is 0.0293. The van der Waals surface area contributed by atoms with E-state index in [9.17, 15) is 4.79 Å². The van der Waals surface area contributed by atoms with Gasteiger partial charge in [-0.2, -0.15) is 0 Å². The van der Waals surface area contributed by atoms with Crippen LogP contribution in [0.1, 0.15) is 58.8 Å². The molecule has 0 bridgehead atoms. The van der Waals surface area contributed by atoms with E-state index >= 15 is 0 Å². The van der Waals surface area contributed by atoms with Gasteiger partial charge in [0.2, 0.25) is 5.91 Å². The fourth-order valence-corrected chi connectivity index (χ4v) is 6.11. The van der Waals surface area contributed by atoms with Crippen molar-refractivity contribution < 1.29 is 9.53 Å². The number of hydrogen-bond acceptors (Lipinski definition) is 6. The van der Waals surface area contributed by atoms with Crippen LogP contribution in [0.5, 0.6) is 0 Å². The van der Waals surface area contributed by atoms with Gasteiger partial charge in [0.1, 0.15) is 0 Å². The molecule has 200 valence electrons. The van der Waals surface area contributed by atoms with Crippen molar-refractivity contribution in [2.24, 2.45) is 16.8 Å². The first-order valence-electron chi connectivity index (χ1n) is 14.1. The van der Waals surface area contributed by atoms with Crippen LogP contribution < -0.4 is 16.2 Å². The number of hydrogen-bond donors (Lipinski definition) is 3. The van der Waals surface area contributed by atoms with Crippen LogP contribution in [0.4, 0.5) is 0 Å². The molecule has 0 saturated carbocycles. The average molecular weight is 506 g/mol. The van der Waals surface area contributed by atoms with Crippen molar-refractivity contribution >= 4 is 12.1 Å². The molecule has 7 nitrogen and oxygen atoms in total. The number of carbonyl (C=O) groups is 1. The molecular formula is C30H43N5O2. The highest BCUT2D eigenvalue weighted by Gasteiger charge is 2.28. The zero-order chi connectivity index (χ0) is 25.6. The van der Waals surface area contributed by atoms with Crippen LogP contribution in [0, 0.1) is 11.8 Å². The summed E-state index contributed by atoms with van der Waals surface area (Å²) in [4.78, 5) is 20.5. The van der Waals surface area contributed by atoms with Gasteiger partial charge in [-0.25, -0.2) is 5.43 Å². The quantitative estimate of drug-likeness (QED) is 0.477. The molecule has 5 unspecified atom stereocenters. The standard InChI is InChI=1S/C30H43N5O2/c1-21-18-27(20-31-29(21)24-8-12-28(13-9-24)35-14-16-37-17-15-35)32-30(36)25-5-3-4-23(19-25)7-11-26-10-6-22(2)33-34-26/h3,5-8,11,20,23,25-28,33-34H,4,9-10,12-19H2,1-2H3,(H,32,36)/b11-7+. The van der Waals surface area contributed by atoms with Crippen molar-refractivity contribution in [3.63, 3.8) is 0 Å². The first-order valence-corrected chi connectivity index (χ1v) is 14.1. The average Bonchev–Trinajstić information content (AvgIpc) is 2.94. The van der Waals surface area contributed by atoms with Crippen molar-refractivity contribution in [3.8, 4) is 0 Å². The van der Waals surface area contributed by atoms with Crippen molar-refractivity contribution in [3.05, 3.63) is 59.0 Å². The first kappa shape index (κ1) is 26.1. The van der Waals surface area contributed by atoms with Gasteiger partial charge in [0.05, 0.1) is 30.9 Å². The van der Waals surface area contributed by atoms with Gasteiger partial charge < -0.3 is 15.5 Å². The largest absolute Gasteiger partial charge is 0.379 e. The van der Waals surface area contributed by atoms with Gasteiger partial charge in [-0.3, -0.25) is 14.7 Å². The SMILES string of the molecule is CC1=CCC(/C=C/C2CC=CC(C(=O)NC3C=NC(C4=CCC(N5CCOCC5)CC4)=C(C)C3)C2)NN1. The second-order valence-corrected chi connectivity index (χ2v) is 11.2. The third-order valence-electron chi connectivity index (χ3n) is 8.34. The molecule has 0 spiro atoms. The summed E-state index contributed by atoms with van der Waals surface area (Å²) in [7, 11) is 0. The van der Waals surface area contributed by atoms with Gasteiger partial charge in [-0.15, -0.1) is 0 Å². The van der Waals surface area contributed by atoms with Crippen LogP contribution in [0.3, 0.4) is 0 Å². The molecule has 1 fully saturated rings. The molecule has 2 aliphatic carbocycles. The van der Waals surface area contributed by atoms with E-state index in [1.165, 1.54) is 23.3 Å². The third-order valence-corrected chi connectivity index (χ3v) is 8.34. The number of allylic oxidation sites excluding steroid dienone is 4. The fraction of sp³-hybridized carbons (Fsp3) is 0.600. The van der Waals surface area contributed by atoms with Crippen LogP contribution in [-0.4, -0.2) is 61.5 Å². The number of hydrazine groups is 1. The predicted octanol–water partition coefficient (Wildman–Crippen LogP) is 3.94. The van der Waals surface area contributed by atoms with Crippen LogP contribution >= 0.6 is 0 Å². The lowest BCUT2D eigenvalue weighted by molar-refractivity contribution is -0.124. The number of rotatable bonds is 6. The van der Waals surface area contributed by atoms with E-state index < -0.39 is 0 Å². The minimum Gasteiger partial charge on any atom is -0.379 e. The maximum atomic E-state index is 13.1. The van der Waals surface area contributed by atoms with Gasteiger partial charge >= 0.3 is 0 Å². The van der Waals surface area contributed by atoms with Crippen molar-refractivity contribution in [1.82, 2.24) is 21.1 Å². The van der Waals surface area contributed by atoms with Crippen molar-refractivity contribution in [2.45, 2.75) is 76.9 Å². The predicted molar refractivity (Wildman–Crippen MR) is 149 cm³/mol. The fourth-order valence-electron chi connectivity index (χ4n) is 6.11. The Balaban J connectivity index is 1.10. The molecule has 0 aromatic heterocycles. The molecule has 0 radical (unpaired) electrons. The van der Waals surface area contributed by atoms with E-state index in [-0.39, 0.29) is 17.9 Å². The molecule has 5 atom stereocenters. The maximum absolute atomic E-state index is 13.1. The van der Waals surface area contributed by atoms with Crippen LogP contribution in [-0.2, 0) is 9.53 Å². The first-order chi connectivity index (χ1) is 18.0. The lowest BCUT2D eigenvalue weighted by Crippen LogP contribution is -2.44. The Morgan fingerprint density at radius 2 is 2.03 bits per heavy atom. The summed E-state index contributed by atoms with van der Waals surface area (Å²) >= 11 is 0. The van der Waals surface area contributed by atoms with E-state index in [0.29, 0.717) is 18.0 Å². The molecule has 3 aliphatic heterocycles. The van der Waals surface area contributed by atoms with Crippen LogP contribution in [0.25, 0.3) is 0 Å². The molecule has 5 aliphatic rings. The molecule has 1 amide bonds. The molecule has 0 aromatic rings. The zero-order valence-corrected chi connectivity index (χ0v) is 22.4. The van der Waals surface area contributed by atoms with E-state index in [2.05, 4.69) is 71.4 Å². The Morgan fingerprint density at radius 3 is 2.76 bits per heavy atom. The molecule has 5 rings (SSSR count). The van der Waals surface area contributed by atoms with Gasteiger partial charge in [-0.05, 0) is 75.9 Å². The van der Waals surface area contributed by atoms with Crippen LogP contribution in [0.2, 0.25) is 0 Å². The summed E-state index contributed by atoms with van der Waals surface area (Å²) < 4.78 is 5.51. The Kier molecular flexibility index (Phi) is 8.74. The molecule has 3 heterocycles. The molecular weight excluding hydrogens is 462 g/mol. The Morgan fingerprint density at radius 1 is 1.16 bits per heavy atom. The summed E-state index contributed by atoms with van der Waals surface area (Å²) in [5.74, 6) is 0.422. The molecule has 3 N–H and O–H groups in total. The Hall–Kier alpha value is -2.48. The Labute approximate surface area is 221 Å². The molecule has 1 saturated heterocycles. The summed E-state index contributed by atoms with van der Waals surface area (Å²) in [6, 6.07) is 0.902. The maximum Gasteiger partial charge on any atom is 0.227 e. The normalized spacial score (nSPS) is 33.2. The number of amides is 1. The highest BCUT2D eigenvalue weighted by Crippen LogP contribution is 2.32. The highest BCUT2D eigenvalue weighted by molar-refractivity contribution is 5.85. The van der Waals surface area contributed by atoms with Crippen molar-refractivity contribution in [2.75, 3.05) is 26.3 Å². The summed E-state index contributed by atoms with van der Waals surface area (Å²) in [6.45, 7) is 8.05. The zero-order valence-electron chi connectivity index (χ0n) is 22.4. The lowest BCUT2D eigenvalue weighted by Gasteiger charge is -2.36. The second kappa shape index (κ2) is 12.4. The topological polar surface area (TPSA) is 78.0 Å². The van der Waals surface area contributed by atoms with Crippen LogP contribution in [0.15, 0.2) is 64.0 Å². The van der Waals surface area contributed by atoms with Gasteiger partial charge in [-0.1, -0.05) is 36.5 Å². The van der Waals surface area contributed by atoms with Gasteiger partial charge in [0.15, 0.2) is 0 Å². The number of nitrogens with zero attached hydrogens (tertiary/aromatic N) is 2. The number of morpholine rings is 1. The van der Waals surface area contributed by atoms with E-state index in [0.717, 1.165) is 70.5 Å². The van der Waals surface area contributed by atoms with E-state index in [1.807, 2.05) is 6.21 Å². The van der Waals surface area contributed by atoms with E-state index in [1.54, 1.807) is 0 Å². The third kappa shape index (κ3) is 6.89. The second-order valence-electron chi connectivity index (χ2n) is 11.2. The molecule has 37 heavy (non-hydrogen) atoms. The summed E-state index contributed by atoms with van der Waals surface area (Å²) in [5, 5.41) is 3.26. The summed E-state index contributed by atoms with van der Waals surface area (Å²) in [5.41, 5.74) is 11.5. The number of ether oxygens (including phenoxy) is 1. The monoisotopic (exact) mass is 505 g/mol. The Bertz CT molecular complexity index is 1020. The highest BCUT2D eigenvalue weighted by atomic mass is 16.5. The molecule has 7 heteroatoms.